The summed E-state index contributed by atoms with van der Waals surface area (Å²) >= 11 is 3.41. The molecule has 22 heavy (non-hydrogen) atoms. The zero-order valence-electron chi connectivity index (χ0n) is 12.6. The van der Waals surface area contributed by atoms with Crippen LogP contribution in [0.3, 0.4) is 0 Å². The quantitative estimate of drug-likeness (QED) is 0.740. The van der Waals surface area contributed by atoms with Gasteiger partial charge in [-0.05, 0) is 35.6 Å². The minimum absolute atomic E-state index is 0.169. The van der Waals surface area contributed by atoms with Gasteiger partial charge in [-0.2, -0.15) is 0 Å². The smallest absolute Gasteiger partial charge is 0.224 e. The number of carbonyl (C=O) groups is 1. The van der Waals surface area contributed by atoms with E-state index in [1.807, 2.05) is 0 Å². The summed E-state index contributed by atoms with van der Waals surface area (Å²) in [5, 5.41) is 0.711. The zero-order chi connectivity index (χ0) is 15.3. The van der Waals surface area contributed by atoms with E-state index in [0.717, 1.165) is 6.42 Å². The fraction of sp³-hybridized carbons (Fsp3) is 0.316. The van der Waals surface area contributed by atoms with Gasteiger partial charge in [-0.15, -0.1) is 0 Å². The first-order valence-electron chi connectivity index (χ1n) is 7.74. The average Bonchev–Trinajstić information content (AvgIpc) is 2.73. The van der Waals surface area contributed by atoms with Crippen molar-refractivity contribution in [1.82, 2.24) is 4.90 Å². The van der Waals surface area contributed by atoms with E-state index >= 15 is 0 Å². The van der Waals surface area contributed by atoms with Crippen molar-refractivity contribution >= 4 is 21.8 Å². The molecule has 2 aromatic rings. The third-order valence-electron chi connectivity index (χ3n) is 5.17. The van der Waals surface area contributed by atoms with E-state index in [1.54, 1.807) is 0 Å². The summed E-state index contributed by atoms with van der Waals surface area (Å²) in [6.45, 7) is 2.20. The van der Waals surface area contributed by atoms with Crippen LogP contribution in [0.4, 0.5) is 0 Å². The Labute approximate surface area is 139 Å². The van der Waals surface area contributed by atoms with Crippen LogP contribution < -0.4 is 0 Å². The van der Waals surface area contributed by atoms with Gasteiger partial charge < -0.3 is 4.90 Å². The number of hydrogen-bond acceptors (Lipinski definition) is 1. The van der Waals surface area contributed by atoms with Crippen molar-refractivity contribution in [2.45, 2.75) is 31.3 Å². The van der Waals surface area contributed by atoms with E-state index in [2.05, 4.69) is 76.3 Å². The lowest BCUT2D eigenvalue weighted by atomic mass is 9.80. The topological polar surface area (TPSA) is 20.3 Å². The molecule has 2 aliphatic heterocycles. The standard InChI is InChI=1S/C19H18BrNO/c1-19-15-8-4-2-6-13(15)12-17(21(19)18(22)10-11-20)14-7-3-5-9-16(14)19/h2-9,17H,10-12H2,1H3. The number of fused-ring (bicyclic) bond motifs is 7. The summed E-state index contributed by atoms with van der Waals surface area (Å²) in [4.78, 5) is 15.0. The van der Waals surface area contributed by atoms with Gasteiger partial charge in [-0.1, -0.05) is 64.5 Å². The normalized spacial score (nSPS) is 24.8. The number of hydrogen-bond donors (Lipinski definition) is 0. The maximum absolute atomic E-state index is 12.8. The molecule has 112 valence electrons. The molecule has 2 atom stereocenters. The maximum atomic E-state index is 12.8. The van der Waals surface area contributed by atoms with Gasteiger partial charge in [-0.3, -0.25) is 4.79 Å². The van der Waals surface area contributed by atoms with Crippen molar-refractivity contribution in [3.63, 3.8) is 0 Å². The van der Waals surface area contributed by atoms with Crippen LogP contribution in [-0.2, 0) is 16.8 Å². The predicted molar refractivity (Wildman–Crippen MR) is 91.0 cm³/mol. The number of benzene rings is 2. The molecule has 0 aliphatic carbocycles. The molecule has 0 aromatic heterocycles. The molecular weight excluding hydrogens is 338 g/mol. The minimum Gasteiger partial charge on any atom is -0.322 e. The van der Waals surface area contributed by atoms with E-state index < -0.39 is 0 Å². The second-order valence-corrected chi connectivity index (χ2v) is 7.03. The Kier molecular flexibility index (Phi) is 3.15. The van der Waals surface area contributed by atoms with Crippen molar-refractivity contribution in [3.8, 4) is 0 Å². The summed E-state index contributed by atoms with van der Waals surface area (Å²) in [6.07, 6.45) is 1.46. The van der Waals surface area contributed by atoms with Crippen molar-refractivity contribution in [2.24, 2.45) is 0 Å². The van der Waals surface area contributed by atoms with E-state index in [0.29, 0.717) is 11.8 Å². The fourth-order valence-corrected chi connectivity index (χ4v) is 4.63. The Balaban J connectivity index is 1.97. The summed E-state index contributed by atoms with van der Waals surface area (Å²) < 4.78 is 0. The highest BCUT2D eigenvalue weighted by Gasteiger charge is 2.53. The Hall–Kier alpha value is -1.61. The lowest BCUT2D eigenvalue weighted by Gasteiger charge is -2.44. The highest BCUT2D eigenvalue weighted by molar-refractivity contribution is 9.09. The number of nitrogens with zero attached hydrogens (tertiary/aromatic N) is 1. The molecule has 2 unspecified atom stereocenters. The molecule has 0 saturated heterocycles. The van der Waals surface area contributed by atoms with Gasteiger partial charge in [-0.25, -0.2) is 0 Å². The first-order chi connectivity index (χ1) is 10.7. The van der Waals surface area contributed by atoms with Crippen molar-refractivity contribution in [2.75, 3.05) is 5.33 Å². The summed E-state index contributed by atoms with van der Waals surface area (Å²) in [5.74, 6) is 0.232. The number of halogens is 1. The first kappa shape index (κ1) is 14.0. The van der Waals surface area contributed by atoms with Gasteiger partial charge in [0.1, 0.15) is 0 Å². The van der Waals surface area contributed by atoms with E-state index in [4.69, 9.17) is 0 Å². The lowest BCUT2D eigenvalue weighted by molar-refractivity contribution is -0.138. The van der Waals surface area contributed by atoms with Gasteiger partial charge in [0.2, 0.25) is 5.91 Å². The van der Waals surface area contributed by atoms with Gasteiger partial charge in [0.05, 0.1) is 11.6 Å². The SMILES string of the molecule is CC12c3ccccc3CC(c3ccccc31)N2C(=O)CCBr. The molecular formula is C19H18BrNO. The highest BCUT2D eigenvalue weighted by atomic mass is 79.9. The molecule has 2 aliphatic rings. The number of alkyl halides is 1. The molecule has 2 aromatic carbocycles. The maximum Gasteiger partial charge on any atom is 0.224 e. The molecule has 2 bridgehead atoms. The molecule has 3 heteroatoms. The number of rotatable bonds is 2. The fourth-order valence-electron chi connectivity index (χ4n) is 4.29. The minimum atomic E-state index is -0.338. The van der Waals surface area contributed by atoms with Crippen LogP contribution in [0.2, 0.25) is 0 Å². The summed E-state index contributed by atoms with van der Waals surface area (Å²) in [5.41, 5.74) is 4.90. The molecule has 0 spiro atoms. The molecule has 0 saturated carbocycles. The lowest BCUT2D eigenvalue weighted by Crippen LogP contribution is -2.48. The molecule has 2 heterocycles. The van der Waals surface area contributed by atoms with Crippen molar-refractivity contribution in [1.29, 1.82) is 0 Å². The third kappa shape index (κ3) is 1.69. The molecule has 0 fully saturated rings. The Bertz CT molecular complexity index is 744. The monoisotopic (exact) mass is 355 g/mol. The Morgan fingerprint density at radius 1 is 1.18 bits per heavy atom. The van der Waals surface area contributed by atoms with Gasteiger partial charge in [0.25, 0.3) is 0 Å². The van der Waals surface area contributed by atoms with E-state index in [9.17, 15) is 4.79 Å². The van der Waals surface area contributed by atoms with Gasteiger partial charge in [0.15, 0.2) is 0 Å². The Morgan fingerprint density at radius 2 is 1.86 bits per heavy atom. The van der Waals surface area contributed by atoms with E-state index in [-0.39, 0.29) is 17.5 Å². The van der Waals surface area contributed by atoms with Crippen LogP contribution in [0.1, 0.15) is 41.6 Å². The predicted octanol–water partition coefficient (Wildman–Crippen LogP) is 4.17. The van der Waals surface area contributed by atoms with Crippen LogP contribution in [0.15, 0.2) is 48.5 Å². The molecule has 1 amide bonds. The number of carbonyl (C=O) groups excluding carboxylic acids is 1. The van der Waals surface area contributed by atoms with Gasteiger partial charge in [0, 0.05) is 11.8 Å². The molecule has 0 N–H and O–H groups in total. The molecule has 0 radical (unpaired) electrons. The van der Waals surface area contributed by atoms with Crippen LogP contribution in [0, 0.1) is 0 Å². The van der Waals surface area contributed by atoms with Crippen molar-refractivity contribution < 1.29 is 4.79 Å². The van der Waals surface area contributed by atoms with Crippen LogP contribution in [0.25, 0.3) is 0 Å². The largest absolute Gasteiger partial charge is 0.322 e. The van der Waals surface area contributed by atoms with Crippen LogP contribution >= 0.6 is 15.9 Å². The number of amides is 1. The third-order valence-corrected chi connectivity index (χ3v) is 5.57. The van der Waals surface area contributed by atoms with Crippen molar-refractivity contribution in [3.05, 3.63) is 70.8 Å². The Morgan fingerprint density at radius 3 is 2.64 bits per heavy atom. The summed E-state index contributed by atoms with van der Waals surface area (Å²) in [7, 11) is 0. The van der Waals surface area contributed by atoms with Crippen LogP contribution in [0.5, 0.6) is 0 Å². The van der Waals surface area contributed by atoms with Gasteiger partial charge >= 0.3 is 0 Å². The summed E-state index contributed by atoms with van der Waals surface area (Å²) in [6, 6.07) is 17.3. The second-order valence-electron chi connectivity index (χ2n) is 6.24. The molecule has 2 nitrogen and oxygen atoms in total. The highest BCUT2D eigenvalue weighted by Crippen LogP contribution is 2.55. The van der Waals surface area contributed by atoms with Crippen LogP contribution in [-0.4, -0.2) is 16.1 Å². The van der Waals surface area contributed by atoms with E-state index in [1.165, 1.54) is 22.3 Å². The zero-order valence-corrected chi connectivity index (χ0v) is 14.1. The first-order valence-corrected chi connectivity index (χ1v) is 8.86. The second kappa shape index (κ2) is 4.95. The molecule has 4 rings (SSSR count). The average molecular weight is 356 g/mol.